The largest absolute Gasteiger partial charge is 0.490 e. The molecule has 1 aromatic rings. The normalized spacial score (nSPS) is 15.2. The average Bonchev–Trinajstić information content (AvgIpc) is 2.41. The minimum atomic E-state index is -0.583. The summed E-state index contributed by atoms with van der Waals surface area (Å²) in [5.41, 5.74) is 0.407. The standard InChI is InChI=1S/C16H24N2O2/c1-4-18-16(3,12-17)11-13(2)20-15-8-6-5-7-14(15)9-10-19/h5-8,13,18-19H,4,9-11H2,1-3H3. The van der Waals surface area contributed by atoms with Gasteiger partial charge in [-0.3, -0.25) is 5.32 Å². The smallest absolute Gasteiger partial charge is 0.122 e. The fraction of sp³-hybridized carbons (Fsp3) is 0.562. The topological polar surface area (TPSA) is 65.3 Å². The van der Waals surface area contributed by atoms with E-state index in [0.29, 0.717) is 12.8 Å². The van der Waals surface area contributed by atoms with Gasteiger partial charge in [-0.1, -0.05) is 25.1 Å². The van der Waals surface area contributed by atoms with Gasteiger partial charge in [-0.15, -0.1) is 0 Å². The first-order valence-electron chi connectivity index (χ1n) is 7.06. The summed E-state index contributed by atoms with van der Waals surface area (Å²) in [5, 5.41) is 21.5. The molecule has 0 radical (unpaired) electrons. The van der Waals surface area contributed by atoms with Crippen molar-refractivity contribution in [3.8, 4) is 11.8 Å². The number of nitrogens with one attached hydrogen (secondary N) is 1. The number of ether oxygens (including phenoxy) is 1. The molecule has 110 valence electrons. The Bertz CT molecular complexity index is 456. The van der Waals surface area contributed by atoms with Crippen molar-refractivity contribution < 1.29 is 9.84 Å². The number of rotatable bonds is 8. The van der Waals surface area contributed by atoms with Crippen LogP contribution in [0, 0.1) is 11.3 Å². The Morgan fingerprint density at radius 3 is 2.75 bits per heavy atom. The quantitative estimate of drug-likeness (QED) is 0.764. The van der Waals surface area contributed by atoms with E-state index >= 15 is 0 Å². The molecule has 1 rings (SSSR count). The molecule has 0 saturated carbocycles. The van der Waals surface area contributed by atoms with E-state index < -0.39 is 5.54 Å². The number of nitriles is 1. The summed E-state index contributed by atoms with van der Waals surface area (Å²) in [7, 11) is 0. The van der Waals surface area contributed by atoms with Gasteiger partial charge >= 0.3 is 0 Å². The lowest BCUT2D eigenvalue weighted by molar-refractivity contribution is 0.178. The van der Waals surface area contributed by atoms with Crippen LogP contribution in [-0.2, 0) is 6.42 Å². The summed E-state index contributed by atoms with van der Waals surface area (Å²) in [6.07, 6.45) is 1.09. The molecule has 2 atom stereocenters. The monoisotopic (exact) mass is 276 g/mol. The van der Waals surface area contributed by atoms with Crippen LogP contribution in [0.5, 0.6) is 5.75 Å². The molecule has 0 amide bonds. The second-order valence-corrected chi connectivity index (χ2v) is 5.19. The van der Waals surface area contributed by atoms with E-state index in [0.717, 1.165) is 17.9 Å². The van der Waals surface area contributed by atoms with Gasteiger partial charge in [-0.05, 0) is 38.4 Å². The van der Waals surface area contributed by atoms with Crippen molar-refractivity contribution in [2.75, 3.05) is 13.2 Å². The van der Waals surface area contributed by atoms with Gasteiger partial charge in [0.2, 0.25) is 0 Å². The van der Waals surface area contributed by atoms with E-state index in [4.69, 9.17) is 9.84 Å². The van der Waals surface area contributed by atoms with E-state index in [-0.39, 0.29) is 12.7 Å². The first-order chi connectivity index (χ1) is 9.54. The Morgan fingerprint density at radius 2 is 2.15 bits per heavy atom. The first kappa shape index (κ1) is 16.5. The second kappa shape index (κ2) is 7.88. The predicted molar refractivity (Wildman–Crippen MR) is 79.6 cm³/mol. The number of benzene rings is 1. The van der Waals surface area contributed by atoms with Gasteiger partial charge in [0.25, 0.3) is 0 Å². The summed E-state index contributed by atoms with van der Waals surface area (Å²) in [6, 6.07) is 10.0. The Hall–Kier alpha value is -1.57. The molecule has 0 bridgehead atoms. The van der Waals surface area contributed by atoms with Crippen LogP contribution in [-0.4, -0.2) is 29.9 Å². The van der Waals surface area contributed by atoms with Crippen LogP contribution in [0.2, 0.25) is 0 Å². The summed E-state index contributed by atoms with van der Waals surface area (Å²) in [4.78, 5) is 0. The highest BCUT2D eigenvalue weighted by atomic mass is 16.5. The highest BCUT2D eigenvalue weighted by Crippen LogP contribution is 2.22. The molecular weight excluding hydrogens is 252 g/mol. The Balaban J connectivity index is 2.71. The van der Waals surface area contributed by atoms with Crippen molar-refractivity contribution in [3.05, 3.63) is 29.8 Å². The van der Waals surface area contributed by atoms with Crippen LogP contribution in [0.1, 0.15) is 32.8 Å². The zero-order valence-electron chi connectivity index (χ0n) is 12.5. The number of nitrogens with zero attached hydrogens (tertiary/aromatic N) is 1. The molecule has 2 unspecified atom stereocenters. The van der Waals surface area contributed by atoms with Crippen molar-refractivity contribution in [2.24, 2.45) is 0 Å². The highest BCUT2D eigenvalue weighted by molar-refractivity contribution is 5.33. The minimum Gasteiger partial charge on any atom is -0.490 e. The van der Waals surface area contributed by atoms with Crippen LogP contribution in [0.15, 0.2) is 24.3 Å². The Morgan fingerprint density at radius 1 is 1.45 bits per heavy atom. The van der Waals surface area contributed by atoms with Crippen molar-refractivity contribution in [3.63, 3.8) is 0 Å². The van der Waals surface area contributed by atoms with E-state index in [1.165, 1.54) is 0 Å². The molecular formula is C16H24N2O2. The van der Waals surface area contributed by atoms with Gasteiger partial charge in [0.05, 0.1) is 12.2 Å². The summed E-state index contributed by atoms with van der Waals surface area (Å²) in [6.45, 7) is 6.68. The minimum absolute atomic E-state index is 0.0847. The maximum absolute atomic E-state index is 9.27. The van der Waals surface area contributed by atoms with E-state index in [2.05, 4.69) is 11.4 Å². The van der Waals surface area contributed by atoms with E-state index in [1.807, 2.05) is 45.0 Å². The zero-order chi connectivity index (χ0) is 15.0. The first-order valence-corrected chi connectivity index (χ1v) is 7.06. The molecule has 20 heavy (non-hydrogen) atoms. The molecule has 0 fully saturated rings. The summed E-state index contributed by atoms with van der Waals surface area (Å²) in [5.74, 6) is 0.783. The molecule has 0 saturated heterocycles. The van der Waals surface area contributed by atoms with Crippen molar-refractivity contribution in [1.82, 2.24) is 5.32 Å². The van der Waals surface area contributed by atoms with E-state index in [1.54, 1.807) is 0 Å². The van der Waals surface area contributed by atoms with Gasteiger partial charge < -0.3 is 9.84 Å². The van der Waals surface area contributed by atoms with Crippen molar-refractivity contribution in [1.29, 1.82) is 5.26 Å². The maximum atomic E-state index is 9.27. The van der Waals surface area contributed by atoms with Crippen LogP contribution >= 0.6 is 0 Å². The highest BCUT2D eigenvalue weighted by Gasteiger charge is 2.26. The number of aliphatic hydroxyl groups excluding tert-OH is 1. The fourth-order valence-corrected chi connectivity index (χ4v) is 2.33. The van der Waals surface area contributed by atoms with Crippen LogP contribution in [0.4, 0.5) is 0 Å². The van der Waals surface area contributed by atoms with Gasteiger partial charge in [-0.2, -0.15) is 5.26 Å². The molecule has 4 heteroatoms. The number of para-hydroxylation sites is 1. The third-order valence-electron chi connectivity index (χ3n) is 3.19. The molecule has 2 N–H and O–H groups in total. The zero-order valence-corrected chi connectivity index (χ0v) is 12.5. The van der Waals surface area contributed by atoms with E-state index in [9.17, 15) is 5.26 Å². The van der Waals surface area contributed by atoms with Gasteiger partial charge in [0.15, 0.2) is 0 Å². The summed E-state index contributed by atoms with van der Waals surface area (Å²) >= 11 is 0. The Kier molecular flexibility index (Phi) is 6.50. The number of hydrogen-bond donors (Lipinski definition) is 2. The molecule has 0 aliphatic rings. The lowest BCUT2D eigenvalue weighted by Crippen LogP contribution is -2.44. The lowest BCUT2D eigenvalue weighted by Gasteiger charge is -2.27. The third-order valence-corrected chi connectivity index (χ3v) is 3.19. The molecule has 4 nitrogen and oxygen atoms in total. The SMILES string of the molecule is CCNC(C)(C#N)CC(C)Oc1ccccc1CCO. The third kappa shape index (κ3) is 4.84. The van der Waals surface area contributed by atoms with Crippen LogP contribution in [0.3, 0.4) is 0 Å². The summed E-state index contributed by atoms with van der Waals surface area (Å²) < 4.78 is 5.94. The average molecular weight is 276 g/mol. The second-order valence-electron chi connectivity index (χ2n) is 5.19. The number of aliphatic hydroxyl groups is 1. The molecule has 0 aromatic heterocycles. The van der Waals surface area contributed by atoms with Crippen LogP contribution < -0.4 is 10.1 Å². The number of hydrogen-bond acceptors (Lipinski definition) is 4. The van der Waals surface area contributed by atoms with Crippen molar-refractivity contribution in [2.45, 2.75) is 45.3 Å². The predicted octanol–water partition coefficient (Wildman–Crippen LogP) is 2.27. The molecule has 0 aliphatic carbocycles. The van der Waals surface area contributed by atoms with Gasteiger partial charge in [-0.25, -0.2) is 0 Å². The molecule has 0 spiro atoms. The maximum Gasteiger partial charge on any atom is 0.122 e. The molecule has 1 aromatic carbocycles. The fourth-order valence-electron chi connectivity index (χ4n) is 2.33. The lowest BCUT2D eigenvalue weighted by atomic mass is 9.96. The van der Waals surface area contributed by atoms with Crippen molar-refractivity contribution >= 4 is 0 Å². The van der Waals surface area contributed by atoms with Crippen LogP contribution in [0.25, 0.3) is 0 Å². The van der Waals surface area contributed by atoms with Gasteiger partial charge in [0, 0.05) is 13.0 Å². The van der Waals surface area contributed by atoms with Gasteiger partial charge in [0.1, 0.15) is 11.3 Å². The molecule has 0 heterocycles. The Labute approximate surface area is 121 Å². The molecule has 0 aliphatic heterocycles.